The normalized spacial score (nSPS) is 14.8. The first-order chi connectivity index (χ1) is 13.4. The van der Waals surface area contributed by atoms with Gasteiger partial charge in [0.2, 0.25) is 0 Å². The predicted octanol–water partition coefficient (Wildman–Crippen LogP) is 3.37. The SMILES string of the molecule is COc1cc(C=C2C(=O)NN(c3ccc(Cl)c(Cl)c3)C2=O)ccc1OCC#N. The summed E-state index contributed by atoms with van der Waals surface area (Å²) in [4.78, 5) is 25.0. The molecule has 0 saturated carbocycles. The molecule has 1 heterocycles. The maximum atomic E-state index is 12.7. The number of halogens is 2. The van der Waals surface area contributed by atoms with Crippen LogP contribution >= 0.6 is 23.2 Å². The number of hydrogen-bond donors (Lipinski definition) is 1. The summed E-state index contributed by atoms with van der Waals surface area (Å²) in [5.41, 5.74) is 3.37. The average molecular weight is 418 g/mol. The molecule has 142 valence electrons. The third-order valence-electron chi connectivity index (χ3n) is 3.84. The van der Waals surface area contributed by atoms with Crippen molar-refractivity contribution in [1.29, 1.82) is 5.26 Å². The van der Waals surface area contributed by atoms with E-state index in [4.69, 9.17) is 37.9 Å². The second-order valence-corrected chi connectivity index (χ2v) is 6.41. The van der Waals surface area contributed by atoms with E-state index in [0.717, 1.165) is 5.01 Å². The van der Waals surface area contributed by atoms with Gasteiger partial charge in [0.25, 0.3) is 11.8 Å². The molecule has 0 radical (unpaired) electrons. The van der Waals surface area contributed by atoms with Gasteiger partial charge in [-0.05, 0) is 42.0 Å². The van der Waals surface area contributed by atoms with Crippen LogP contribution in [0.25, 0.3) is 6.08 Å². The molecular weight excluding hydrogens is 405 g/mol. The average Bonchev–Trinajstić information content (AvgIpc) is 2.97. The van der Waals surface area contributed by atoms with Gasteiger partial charge in [0.05, 0.1) is 22.8 Å². The first-order valence-corrected chi connectivity index (χ1v) is 8.70. The minimum absolute atomic E-state index is 0.0566. The van der Waals surface area contributed by atoms with E-state index in [-0.39, 0.29) is 17.2 Å². The number of nitrogens with zero attached hydrogens (tertiary/aromatic N) is 2. The molecule has 1 fully saturated rings. The zero-order chi connectivity index (χ0) is 20.3. The summed E-state index contributed by atoms with van der Waals surface area (Å²) in [6, 6.07) is 11.3. The Hall–Kier alpha value is -3.21. The van der Waals surface area contributed by atoms with Gasteiger partial charge in [-0.15, -0.1) is 0 Å². The van der Waals surface area contributed by atoms with E-state index < -0.39 is 11.8 Å². The summed E-state index contributed by atoms with van der Waals surface area (Å²) < 4.78 is 10.5. The zero-order valence-corrected chi connectivity index (χ0v) is 16.0. The maximum absolute atomic E-state index is 12.7. The maximum Gasteiger partial charge on any atom is 0.282 e. The Morgan fingerprint density at radius 3 is 2.61 bits per heavy atom. The number of benzene rings is 2. The molecule has 0 aromatic heterocycles. The Morgan fingerprint density at radius 2 is 1.93 bits per heavy atom. The van der Waals surface area contributed by atoms with Gasteiger partial charge in [0, 0.05) is 0 Å². The number of nitrogens with one attached hydrogen (secondary N) is 1. The number of carbonyl (C=O) groups is 2. The molecule has 1 aliphatic rings. The fourth-order valence-corrected chi connectivity index (χ4v) is 2.83. The van der Waals surface area contributed by atoms with E-state index in [0.29, 0.717) is 27.8 Å². The van der Waals surface area contributed by atoms with Crippen LogP contribution in [0.2, 0.25) is 10.0 Å². The topological polar surface area (TPSA) is 91.7 Å². The summed E-state index contributed by atoms with van der Waals surface area (Å²) in [7, 11) is 1.45. The number of hydrazine groups is 1. The molecule has 0 bridgehead atoms. The first kappa shape index (κ1) is 19.5. The number of anilines is 1. The molecule has 1 aliphatic heterocycles. The highest BCUT2D eigenvalue weighted by atomic mass is 35.5. The highest BCUT2D eigenvalue weighted by molar-refractivity contribution is 6.42. The third-order valence-corrected chi connectivity index (χ3v) is 4.58. The molecule has 2 amide bonds. The molecule has 0 unspecified atom stereocenters. The Bertz CT molecular complexity index is 1030. The second-order valence-electron chi connectivity index (χ2n) is 5.60. The number of methoxy groups -OCH3 is 1. The van der Waals surface area contributed by atoms with Gasteiger partial charge in [-0.25, -0.2) is 5.01 Å². The van der Waals surface area contributed by atoms with Crippen molar-refractivity contribution in [2.75, 3.05) is 18.7 Å². The zero-order valence-electron chi connectivity index (χ0n) is 14.5. The highest BCUT2D eigenvalue weighted by Crippen LogP contribution is 2.31. The number of rotatable bonds is 5. The predicted molar refractivity (Wildman–Crippen MR) is 104 cm³/mol. The lowest BCUT2D eigenvalue weighted by Gasteiger charge is -2.15. The molecule has 2 aromatic rings. The van der Waals surface area contributed by atoms with E-state index in [2.05, 4.69) is 5.43 Å². The lowest BCUT2D eigenvalue weighted by atomic mass is 10.1. The Balaban J connectivity index is 1.90. The lowest BCUT2D eigenvalue weighted by Crippen LogP contribution is -2.35. The third kappa shape index (κ3) is 3.88. The Kier molecular flexibility index (Phi) is 5.73. The van der Waals surface area contributed by atoms with Crippen molar-refractivity contribution in [2.24, 2.45) is 0 Å². The van der Waals surface area contributed by atoms with Gasteiger partial charge in [0.1, 0.15) is 11.6 Å². The Labute approximate surface area is 170 Å². The van der Waals surface area contributed by atoms with E-state index in [1.807, 2.05) is 6.07 Å². The van der Waals surface area contributed by atoms with Crippen LogP contribution in [-0.2, 0) is 9.59 Å². The Morgan fingerprint density at radius 1 is 1.14 bits per heavy atom. The molecule has 0 aliphatic carbocycles. The minimum atomic E-state index is -0.556. The van der Waals surface area contributed by atoms with Gasteiger partial charge >= 0.3 is 0 Å². The standard InChI is InChI=1S/C19H13Cl2N3O4/c1-27-17-9-11(2-5-16(17)28-7-6-22)8-13-18(25)23-24(19(13)26)12-3-4-14(20)15(21)10-12/h2-5,8-10H,7H2,1H3,(H,23,25). The first-order valence-electron chi connectivity index (χ1n) is 7.94. The minimum Gasteiger partial charge on any atom is -0.493 e. The quantitative estimate of drug-likeness (QED) is 0.594. The summed E-state index contributed by atoms with van der Waals surface area (Å²) in [5.74, 6) is -0.338. The number of hydrogen-bond acceptors (Lipinski definition) is 5. The van der Waals surface area contributed by atoms with Crippen molar-refractivity contribution >= 4 is 46.8 Å². The van der Waals surface area contributed by atoms with Crippen LogP contribution in [0.15, 0.2) is 42.0 Å². The van der Waals surface area contributed by atoms with Gasteiger partial charge in [-0.3, -0.25) is 15.0 Å². The van der Waals surface area contributed by atoms with Crippen LogP contribution in [0, 0.1) is 11.3 Å². The summed E-state index contributed by atoms with van der Waals surface area (Å²) in [6.07, 6.45) is 1.44. The van der Waals surface area contributed by atoms with Crippen LogP contribution in [-0.4, -0.2) is 25.5 Å². The molecule has 3 rings (SSSR count). The molecule has 1 N–H and O–H groups in total. The van der Waals surface area contributed by atoms with Gasteiger partial charge in [-0.1, -0.05) is 29.3 Å². The van der Waals surface area contributed by atoms with Crippen LogP contribution in [0.1, 0.15) is 5.56 Å². The van der Waals surface area contributed by atoms with Crippen molar-refractivity contribution in [3.05, 3.63) is 57.6 Å². The molecule has 7 nitrogen and oxygen atoms in total. The molecule has 1 saturated heterocycles. The van der Waals surface area contributed by atoms with Gasteiger partial charge in [0.15, 0.2) is 18.1 Å². The number of carbonyl (C=O) groups excluding carboxylic acids is 2. The molecular formula is C19H13Cl2N3O4. The number of amides is 2. The molecule has 9 heteroatoms. The van der Waals surface area contributed by atoms with Crippen molar-refractivity contribution < 1.29 is 19.1 Å². The summed E-state index contributed by atoms with van der Waals surface area (Å²) in [6.45, 7) is -0.129. The van der Waals surface area contributed by atoms with Crippen molar-refractivity contribution in [3.8, 4) is 17.6 Å². The summed E-state index contributed by atoms with van der Waals surface area (Å²) >= 11 is 11.9. The van der Waals surface area contributed by atoms with E-state index in [1.165, 1.54) is 25.3 Å². The van der Waals surface area contributed by atoms with Crippen LogP contribution in [0.5, 0.6) is 11.5 Å². The lowest BCUT2D eigenvalue weighted by molar-refractivity contribution is -0.117. The van der Waals surface area contributed by atoms with Crippen LogP contribution < -0.4 is 19.9 Å². The monoisotopic (exact) mass is 417 g/mol. The van der Waals surface area contributed by atoms with E-state index in [9.17, 15) is 9.59 Å². The highest BCUT2D eigenvalue weighted by Gasteiger charge is 2.34. The largest absolute Gasteiger partial charge is 0.493 e. The van der Waals surface area contributed by atoms with Crippen molar-refractivity contribution in [1.82, 2.24) is 5.43 Å². The number of ether oxygens (including phenoxy) is 2. The molecule has 28 heavy (non-hydrogen) atoms. The van der Waals surface area contributed by atoms with Crippen molar-refractivity contribution in [3.63, 3.8) is 0 Å². The van der Waals surface area contributed by atoms with Gasteiger partial charge < -0.3 is 9.47 Å². The van der Waals surface area contributed by atoms with Crippen molar-refractivity contribution in [2.45, 2.75) is 0 Å². The number of nitriles is 1. The van der Waals surface area contributed by atoms with Crippen LogP contribution in [0.3, 0.4) is 0 Å². The fraction of sp³-hybridized carbons (Fsp3) is 0.105. The fourth-order valence-electron chi connectivity index (χ4n) is 2.53. The smallest absolute Gasteiger partial charge is 0.282 e. The van der Waals surface area contributed by atoms with E-state index >= 15 is 0 Å². The summed E-state index contributed by atoms with van der Waals surface area (Å²) in [5, 5.41) is 10.3. The van der Waals surface area contributed by atoms with Crippen LogP contribution in [0.4, 0.5) is 5.69 Å². The van der Waals surface area contributed by atoms with Gasteiger partial charge in [-0.2, -0.15) is 5.26 Å². The van der Waals surface area contributed by atoms with E-state index in [1.54, 1.807) is 24.3 Å². The second kappa shape index (κ2) is 8.21. The molecule has 0 spiro atoms. The molecule has 2 aromatic carbocycles. The molecule has 0 atom stereocenters.